The molecule has 80 valence electrons. The molecule has 0 radical (unpaired) electrons. The maximum atomic E-state index is 5.61. The molecule has 0 bridgehead atoms. The van der Waals surface area contributed by atoms with Gasteiger partial charge < -0.3 is 15.5 Å². The van der Waals surface area contributed by atoms with Crippen LogP contribution in [0, 0.1) is 5.92 Å². The molecule has 0 aliphatic carbocycles. The van der Waals surface area contributed by atoms with Crippen LogP contribution in [0.5, 0.6) is 0 Å². The normalized spacial score (nSPS) is 13.5. The van der Waals surface area contributed by atoms with Crippen molar-refractivity contribution in [3.05, 3.63) is 17.7 Å². The zero-order chi connectivity index (χ0) is 10.6. The van der Waals surface area contributed by atoms with Gasteiger partial charge in [-0.25, -0.2) is 4.98 Å². The molecule has 0 amide bonds. The first kappa shape index (κ1) is 11.2. The SMILES string of the molecule is CCOC(c1ncc(CN)[nH]1)C(C)C. The predicted octanol–water partition coefficient (Wildman–Crippen LogP) is 1.60. The highest BCUT2D eigenvalue weighted by molar-refractivity contribution is 5.03. The smallest absolute Gasteiger partial charge is 0.135 e. The van der Waals surface area contributed by atoms with Crippen LogP contribution >= 0.6 is 0 Å². The van der Waals surface area contributed by atoms with Gasteiger partial charge in [-0.3, -0.25) is 0 Å². The molecule has 0 aliphatic rings. The van der Waals surface area contributed by atoms with E-state index in [-0.39, 0.29) is 6.10 Å². The number of nitrogens with two attached hydrogens (primary N) is 1. The highest BCUT2D eigenvalue weighted by atomic mass is 16.5. The van der Waals surface area contributed by atoms with Gasteiger partial charge in [0.25, 0.3) is 0 Å². The lowest BCUT2D eigenvalue weighted by molar-refractivity contribution is 0.0237. The molecule has 1 aromatic rings. The van der Waals surface area contributed by atoms with Crippen LogP contribution in [0.15, 0.2) is 6.20 Å². The second-order valence-electron chi connectivity index (χ2n) is 3.62. The summed E-state index contributed by atoms with van der Waals surface area (Å²) >= 11 is 0. The van der Waals surface area contributed by atoms with Gasteiger partial charge in [-0.1, -0.05) is 13.8 Å². The largest absolute Gasteiger partial charge is 0.370 e. The number of ether oxygens (including phenoxy) is 1. The molecule has 0 aromatic carbocycles. The Morgan fingerprint density at radius 3 is 2.71 bits per heavy atom. The molecule has 1 unspecified atom stereocenters. The van der Waals surface area contributed by atoms with E-state index in [4.69, 9.17) is 10.5 Å². The van der Waals surface area contributed by atoms with Gasteiger partial charge in [0.05, 0.1) is 0 Å². The molecular weight excluding hydrogens is 178 g/mol. The summed E-state index contributed by atoms with van der Waals surface area (Å²) in [6.07, 6.45) is 1.81. The van der Waals surface area contributed by atoms with Gasteiger partial charge >= 0.3 is 0 Å². The van der Waals surface area contributed by atoms with E-state index < -0.39 is 0 Å². The number of nitrogens with zero attached hydrogens (tertiary/aromatic N) is 1. The molecule has 0 fully saturated rings. The molecule has 3 N–H and O–H groups in total. The van der Waals surface area contributed by atoms with Crippen LogP contribution in [0.3, 0.4) is 0 Å². The van der Waals surface area contributed by atoms with Gasteiger partial charge in [-0.2, -0.15) is 0 Å². The van der Waals surface area contributed by atoms with Crippen molar-refractivity contribution in [2.24, 2.45) is 11.7 Å². The summed E-state index contributed by atoms with van der Waals surface area (Å²) in [4.78, 5) is 7.43. The molecule has 4 heteroatoms. The number of hydrogen-bond acceptors (Lipinski definition) is 3. The molecule has 0 saturated carbocycles. The third kappa shape index (κ3) is 2.56. The van der Waals surface area contributed by atoms with Crippen LogP contribution in [-0.4, -0.2) is 16.6 Å². The highest BCUT2D eigenvalue weighted by Crippen LogP contribution is 2.22. The first-order chi connectivity index (χ1) is 6.69. The van der Waals surface area contributed by atoms with Crippen LogP contribution in [0.2, 0.25) is 0 Å². The first-order valence-corrected chi connectivity index (χ1v) is 5.04. The minimum atomic E-state index is 0.0419. The Balaban J connectivity index is 2.76. The van der Waals surface area contributed by atoms with Crippen molar-refractivity contribution < 1.29 is 4.74 Å². The van der Waals surface area contributed by atoms with E-state index in [1.54, 1.807) is 6.20 Å². The topological polar surface area (TPSA) is 63.9 Å². The number of nitrogens with one attached hydrogen (secondary N) is 1. The highest BCUT2D eigenvalue weighted by Gasteiger charge is 2.18. The summed E-state index contributed by atoms with van der Waals surface area (Å²) in [5.41, 5.74) is 6.45. The minimum Gasteiger partial charge on any atom is -0.370 e. The van der Waals surface area contributed by atoms with E-state index in [0.29, 0.717) is 19.1 Å². The fourth-order valence-electron chi connectivity index (χ4n) is 1.39. The van der Waals surface area contributed by atoms with E-state index in [2.05, 4.69) is 23.8 Å². The van der Waals surface area contributed by atoms with Crippen LogP contribution < -0.4 is 5.73 Å². The van der Waals surface area contributed by atoms with E-state index in [1.807, 2.05) is 6.92 Å². The van der Waals surface area contributed by atoms with E-state index in [0.717, 1.165) is 11.5 Å². The summed E-state index contributed by atoms with van der Waals surface area (Å²) < 4.78 is 5.61. The fourth-order valence-corrected chi connectivity index (χ4v) is 1.39. The lowest BCUT2D eigenvalue weighted by Crippen LogP contribution is -2.13. The van der Waals surface area contributed by atoms with E-state index >= 15 is 0 Å². The summed E-state index contributed by atoms with van der Waals surface area (Å²) in [7, 11) is 0. The van der Waals surface area contributed by atoms with Crippen molar-refractivity contribution in [3.8, 4) is 0 Å². The van der Waals surface area contributed by atoms with Gasteiger partial charge in [-0.05, 0) is 12.8 Å². The van der Waals surface area contributed by atoms with Crippen molar-refractivity contribution in [2.75, 3.05) is 6.61 Å². The van der Waals surface area contributed by atoms with Gasteiger partial charge in [0.2, 0.25) is 0 Å². The van der Waals surface area contributed by atoms with Crippen LogP contribution in [0.1, 0.15) is 38.4 Å². The van der Waals surface area contributed by atoms with Crippen molar-refractivity contribution in [1.29, 1.82) is 0 Å². The second kappa shape index (κ2) is 5.12. The van der Waals surface area contributed by atoms with Crippen LogP contribution in [0.4, 0.5) is 0 Å². The lowest BCUT2D eigenvalue weighted by Gasteiger charge is -2.18. The molecule has 1 atom stereocenters. The van der Waals surface area contributed by atoms with Crippen molar-refractivity contribution >= 4 is 0 Å². The van der Waals surface area contributed by atoms with Gasteiger partial charge in [0.15, 0.2) is 0 Å². The second-order valence-corrected chi connectivity index (χ2v) is 3.62. The first-order valence-electron chi connectivity index (χ1n) is 5.04. The van der Waals surface area contributed by atoms with Crippen LogP contribution in [-0.2, 0) is 11.3 Å². The molecule has 1 heterocycles. The molecule has 4 nitrogen and oxygen atoms in total. The molecule has 1 rings (SSSR count). The molecule has 14 heavy (non-hydrogen) atoms. The van der Waals surface area contributed by atoms with Crippen LogP contribution in [0.25, 0.3) is 0 Å². The minimum absolute atomic E-state index is 0.0419. The quantitative estimate of drug-likeness (QED) is 0.753. The standard InChI is InChI=1S/C10H19N3O/c1-4-14-9(7(2)3)10-12-6-8(5-11)13-10/h6-7,9H,4-5,11H2,1-3H3,(H,12,13). The zero-order valence-electron chi connectivity index (χ0n) is 9.08. The Morgan fingerprint density at radius 2 is 2.29 bits per heavy atom. The lowest BCUT2D eigenvalue weighted by atomic mass is 10.1. The van der Waals surface area contributed by atoms with Gasteiger partial charge in [0.1, 0.15) is 11.9 Å². The Bertz CT molecular complexity index is 270. The van der Waals surface area contributed by atoms with Crippen molar-refractivity contribution in [1.82, 2.24) is 9.97 Å². The third-order valence-electron chi connectivity index (χ3n) is 2.09. The monoisotopic (exact) mass is 197 g/mol. The number of H-pyrrole nitrogens is 1. The number of hydrogen-bond donors (Lipinski definition) is 2. The molecular formula is C10H19N3O. The van der Waals surface area contributed by atoms with E-state index in [9.17, 15) is 0 Å². The summed E-state index contributed by atoms with van der Waals surface area (Å²) in [5.74, 6) is 1.29. The summed E-state index contributed by atoms with van der Waals surface area (Å²) in [5, 5.41) is 0. The van der Waals surface area contributed by atoms with Gasteiger partial charge in [-0.15, -0.1) is 0 Å². The van der Waals surface area contributed by atoms with E-state index in [1.165, 1.54) is 0 Å². The number of aromatic nitrogens is 2. The maximum Gasteiger partial charge on any atom is 0.135 e. The summed E-state index contributed by atoms with van der Waals surface area (Å²) in [6.45, 7) is 7.41. The Hall–Kier alpha value is -0.870. The Morgan fingerprint density at radius 1 is 1.57 bits per heavy atom. The maximum absolute atomic E-state index is 5.61. The van der Waals surface area contributed by atoms with Crippen molar-refractivity contribution in [3.63, 3.8) is 0 Å². The van der Waals surface area contributed by atoms with Gasteiger partial charge in [0, 0.05) is 25.0 Å². The number of imidazole rings is 1. The molecule has 1 aromatic heterocycles. The number of aromatic amines is 1. The molecule has 0 saturated heterocycles. The predicted molar refractivity (Wildman–Crippen MR) is 55.7 cm³/mol. The average Bonchev–Trinajstić information content (AvgIpc) is 2.61. The Labute approximate surface area is 84.9 Å². The Kier molecular flexibility index (Phi) is 4.10. The fraction of sp³-hybridized carbons (Fsp3) is 0.700. The molecule has 0 aliphatic heterocycles. The average molecular weight is 197 g/mol. The van der Waals surface area contributed by atoms with Crippen molar-refractivity contribution in [2.45, 2.75) is 33.4 Å². The number of rotatable bonds is 5. The summed E-state index contributed by atoms with van der Waals surface area (Å²) in [6, 6.07) is 0. The zero-order valence-corrected chi connectivity index (χ0v) is 9.08. The molecule has 0 spiro atoms. The third-order valence-corrected chi connectivity index (χ3v) is 2.09.